The summed E-state index contributed by atoms with van der Waals surface area (Å²) in [5.41, 5.74) is 3.28. The Morgan fingerprint density at radius 1 is 1.00 bits per heavy atom. The van der Waals surface area contributed by atoms with Gasteiger partial charge in [0.15, 0.2) is 0 Å². The Bertz CT molecular complexity index is 1250. The van der Waals surface area contributed by atoms with Crippen molar-refractivity contribution < 1.29 is 14.3 Å². The van der Waals surface area contributed by atoms with Crippen molar-refractivity contribution in [3.05, 3.63) is 82.8 Å². The molecule has 0 bridgehead atoms. The number of benzene rings is 2. The molecule has 186 valence electrons. The highest BCUT2D eigenvalue weighted by atomic mass is 35.5. The van der Waals surface area contributed by atoms with Crippen LogP contribution in [0.25, 0.3) is 0 Å². The molecule has 0 saturated carbocycles. The van der Waals surface area contributed by atoms with Crippen molar-refractivity contribution in [3.63, 3.8) is 0 Å². The van der Waals surface area contributed by atoms with Crippen LogP contribution < -0.4 is 9.80 Å². The van der Waals surface area contributed by atoms with E-state index in [9.17, 15) is 9.59 Å². The van der Waals surface area contributed by atoms with Crippen LogP contribution >= 0.6 is 11.6 Å². The van der Waals surface area contributed by atoms with Crippen molar-refractivity contribution in [2.45, 2.75) is 32.4 Å². The Balaban J connectivity index is 1.26. The van der Waals surface area contributed by atoms with Crippen molar-refractivity contribution in [3.8, 4) is 0 Å². The van der Waals surface area contributed by atoms with Gasteiger partial charge in [0, 0.05) is 44.0 Å². The van der Waals surface area contributed by atoms with Gasteiger partial charge in [0.25, 0.3) is 5.91 Å². The maximum Gasteiger partial charge on any atom is 0.410 e. The highest BCUT2D eigenvalue weighted by molar-refractivity contribution is 6.28. The highest BCUT2D eigenvalue weighted by Crippen LogP contribution is 2.32. The van der Waals surface area contributed by atoms with Crippen LogP contribution in [-0.4, -0.2) is 59.1 Å². The number of amides is 2. The molecule has 36 heavy (non-hydrogen) atoms. The molecule has 8 nitrogen and oxygen atoms in total. The van der Waals surface area contributed by atoms with Gasteiger partial charge in [0.05, 0.1) is 0 Å². The van der Waals surface area contributed by atoms with E-state index < -0.39 is 0 Å². The van der Waals surface area contributed by atoms with E-state index in [0.717, 1.165) is 29.7 Å². The molecule has 2 amide bonds. The maximum absolute atomic E-state index is 13.6. The lowest BCUT2D eigenvalue weighted by atomic mass is 9.96. The summed E-state index contributed by atoms with van der Waals surface area (Å²) in [4.78, 5) is 40.2. The average Bonchev–Trinajstić information content (AvgIpc) is 2.91. The van der Waals surface area contributed by atoms with Crippen LogP contribution in [0.2, 0.25) is 5.28 Å². The molecular weight excluding hydrogens is 478 g/mol. The SMILES string of the molecule is CC1CCc2ccccc2N1C(=O)c1cc(N2CCN(C(=O)OCc3ccccc3)CC2)nc(Cl)n1. The average molecular weight is 506 g/mol. The molecule has 0 radical (unpaired) electrons. The summed E-state index contributed by atoms with van der Waals surface area (Å²) in [6.07, 6.45) is 1.49. The van der Waals surface area contributed by atoms with Crippen LogP contribution in [0.1, 0.15) is 35.0 Å². The van der Waals surface area contributed by atoms with E-state index in [1.165, 1.54) is 0 Å². The van der Waals surface area contributed by atoms with Gasteiger partial charge in [-0.05, 0) is 48.6 Å². The molecule has 1 aromatic heterocycles. The first-order valence-corrected chi connectivity index (χ1v) is 12.5. The number of anilines is 2. The second-order valence-corrected chi connectivity index (χ2v) is 9.42. The number of hydrogen-bond donors (Lipinski definition) is 0. The zero-order chi connectivity index (χ0) is 25.1. The van der Waals surface area contributed by atoms with Crippen molar-refractivity contribution in [1.82, 2.24) is 14.9 Å². The van der Waals surface area contributed by atoms with Gasteiger partial charge < -0.3 is 19.4 Å². The standard InChI is InChI=1S/C27H28ClN5O3/c1-19-11-12-21-9-5-6-10-23(21)33(19)25(34)22-17-24(30-26(28)29-22)31-13-15-32(16-14-31)27(35)36-18-20-7-3-2-4-8-20/h2-10,17,19H,11-16,18H2,1H3. The first kappa shape index (κ1) is 24.1. The highest BCUT2D eigenvalue weighted by Gasteiger charge is 2.31. The summed E-state index contributed by atoms with van der Waals surface area (Å²) in [6, 6.07) is 19.3. The normalized spacial score (nSPS) is 17.5. The lowest BCUT2D eigenvalue weighted by Crippen LogP contribution is -2.49. The number of ether oxygens (including phenoxy) is 1. The molecule has 3 heterocycles. The second-order valence-electron chi connectivity index (χ2n) is 9.09. The number of piperazine rings is 1. The maximum atomic E-state index is 13.6. The number of hydrogen-bond acceptors (Lipinski definition) is 6. The first-order chi connectivity index (χ1) is 17.5. The van der Waals surface area contributed by atoms with Gasteiger partial charge in [-0.3, -0.25) is 4.79 Å². The molecule has 2 aliphatic heterocycles. The van der Waals surface area contributed by atoms with Crippen LogP contribution in [0.4, 0.5) is 16.3 Å². The molecule has 0 aliphatic carbocycles. The van der Waals surface area contributed by atoms with E-state index in [1.807, 2.05) is 65.3 Å². The van der Waals surface area contributed by atoms with Crippen LogP contribution in [0.15, 0.2) is 60.7 Å². The van der Waals surface area contributed by atoms with E-state index in [-0.39, 0.29) is 35.6 Å². The molecule has 1 atom stereocenters. The zero-order valence-electron chi connectivity index (χ0n) is 20.1. The molecule has 3 aromatic rings. The fraction of sp³-hybridized carbons (Fsp3) is 0.333. The summed E-state index contributed by atoms with van der Waals surface area (Å²) < 4.78 is 5.46. The lowest BCUT2D eigenvalue weighted by molar-refractivity contribution is 0.0941. The summed E-state index contributed by atoms with van der Waals surface area (Å²) in [7, 11) is 0. The largest absolute Gasteiger partial charge is 0.445 e. The number of nitrogens with zero attached hydrogens (tertiary/aromatic N) is 5. The third kappa shape index (κ3) is 5.14. The molecule has 9 heteroatoms. The fourth-order valence-electron chi connectivity index (χ4n) is 4.73. The first-order valence-electron chi connectivity index (χ1n) is 12.2. The third-order valence-electron chi connectivity index (χ3n) is 6.71. The Labute approximate surface area is 215 Å². The van der Waals surface area contributed by atoms with Crippen LogP contribution in [0, 0.1) is 0 Å². The summed E-state index contributed by atoms with van der Waals surface area (Å²) in [5.74, 6) is 0.386. The third-order valence-corrected chi connectivity index (χ3v) is 6.88. The molecule has 2 aromatic carbocycles. The van der Waals surface area contributed by atoms with E-state index in [1.54, 1.807) is 11.0 Å². The van der Waals surface area contributed by atoms with Crippen LogP contribution in [-0.2, 0) is 17.8 Å². The van der Waals surface area contributed by atoms with E-state index in [2.05, 4.69) is 16.0 Å². The molecule has 1 saturated heterocycles. The molecule has 5 rings (SSSR count). The van der Waals surface area contributed by atoms with Gasteiger partial charge in [-0.2, -0.15) is 0 Å². The minimum Gasteiger partial charge on any atom is -0.445 e. The predicted octanol–water partition coefficient (Wildman–Crippen LogP) is 4.57. The summed E-state index contributed by atoms with van der Waals surface area (Å²) >= 11 is 6.26. The quantitative estimate of drug-likeness (QED) is 0.483. The minimum absolute atomic E-state index is 0.0264. The van der Waals surface area contributed by atoms with Gasteiger partial charge in [-0.1, -0.05) is 48.5 Å². The van der Waals surface area contributed by atoms with E-state index >= 15 is 0 Å². The molecule has 0 N–H and O–H groups in total. The number of halogens is 1. The number of carbonyl (C=O) groups is 2. The van der Waals surface area contributed by atoms with Gasteiger partial charge in [-0.15, -0.1) is 0 Å². The smallest absolute Gasteiger partial charge is 0.410 e. The van der Waals surface area contributed by atoms with Gasteiger partial charge in [-0.25, -0.2) is 14.8 Å². The van der Waals surface area contributed by atoms with Crippen molar-refractivity contribution in [1.29, 1.82) is 0 Å². The predicted molar refractivity (Wildman–Crippen MR) is 138 cm³/mol. The van der Waals surface area contributed by atoms with E-state index in [0.29, 0.717) is 32.0 Å². The zero-order valence-corrected chi connectivity index (χ0v) is 20.9. The minimum atomic E-state index is -0.340. The van der Waals surface area contributed by atoms with Gasteiger partial charge in [0.2, 0.25) is 5.28 Å². The number of rotatable bonds is 4. The Kier molecular flexibility index (Phi) is 7.04. The lowest BCUT2D eigenvalue weighted by Gasteiger charge is -2.36. The molecule has 0 spiro atoms. The summed E-state index contributed by atoms with van der Waals surface area (Å²) in [5, 5.41) is 0.0264. The number of aromatic nitrogens is 2. The monoisotopic (exact) mass is 505 g/mol. The topological polar surface area (TPSA) is 78.9 Å². The summed E-state index contributed by atoms with van der Waals surface area (Å²) in [6.45, 7) is 4.34. The van der Waals surface area contributed by atoms with Crippen molar-refractivity contribution >= 4 is 35.1 Å². The number of para-hydroxylation sites is 1. The molecule has 1 fully saturated rings. The number of aryl methyl sites for hydroxylation is 1. The number of fused-ring (bicyclic) bond motifs is 1. The molecule has 1 unspecified atom stereocenters. The molecule has 2 aliphatic rings. The second kappa shape index (κ2) is 10.5. The fourth-order valence-corrected chi connectivity index (χ4v) is 4.90. The Morgan fingerprint density at radius 2 is 1.72 bits per heavy atom. The van der Waals surface area contributed by atoms with Crippen LogP contribution in [0.3, 0.4) is 0 Å². The Hall–Kier alpha value is -3.65. The van der Waals surface area contributed by atoms with Gasteiger partial charge in [0.1, 0.15) is 18.1 Å². The van der Waals surface area contributed by atoms with Gasteiger partial charge >= 0.3 is 6.09 Å². The van der Waals surface area contributed by atoms with Crippen molar-refractivity contribution in [2.24, 2.45) is 0 Å². The van der Waals surface area contributed by atoms with Crippen LogP contribution in [0.5, 0.6) is 0 Å². The van der Waals surface area contributed by atoms with E-state index in [4.69, 9.17) is 16.3 Å². The number of carbonyl (C=O) groups excluding carboxylic acids is 2. The molecular formula is C27H28ClN5O3. The van der Waals surface area contributed by atoms with Crippen molar-refractivity contribution in [2.75, 3.05) is 36.0 Å². The Morgan fingerprint density at radius 3 is 2.50 bits per heavy atom.